The fraction of sp³-hybridized carbons (Fsp3) is 0.750. The van der Waals surface area contributed by atoms with Gasteiger partial charge < -0.3 is 29.2 Å². The summed E-state index contributed by atoms with van der Waals surface area (Å²) in [6, 6.07) is 1.83. The molecule has 0 radical (unpaired) electrons. The van der Waals surface area contributed by atoms with Gasteiger partial charge in [-0.05, 0) is 29.4 Å². The van der Waals surface area contributed by atoms with Gasteiger partial charge in [-0.1, -0.05) is 20.8 Å². The van der Waals surface area contributed by atoms with Crippen LogP contribution in [-0.4, -0.2) is 64.1 Å². The summed E-state index contributed by atoms with van der Waals surface area (Å²) in [7, 11) is 0. The largest absolute Gasteiger partial charge is 0.472 e. The summed E-state index contributed by atoms with van der Waals surface area (Å²) in [6.45, 7) is 6.74. The lowest BCUT2D eigenvalue weighted by Crippen LogP contribution is -2.78. The van der Waals surface area contributed by atoms with Crippen LogP contribution in [0.2, 0.25) is 0 Å². The third kappa shape index (κ3) is 2.86. The van der Waals surface area contributed by atoms with Crippen LogP contribution in [0.3, 0.4) is 0 Å². The maximum Gasteiger partial charge on any atom is 0.302 e. The topological polar surface area (TPSA) is 144 Å². The van der Waals surface area contributed by atoms with Gasteiger partial charge in [-0.2, -0.15) is 0 Å². The Balaban J connectivity index is 1.50. The molecule has 0 spiro atoms. The second kappa shape index (κ2) is 7.74. The quantitative estimate of drug-likeness (QED) is 0.503. The average molecular weight is 517 g/mol. The van der Waals surface area contributed by atoms with E-state index in [1.54, 1.807) is 19.5 Å². The lowest BCUT2D eigenvalue weighted by molar-refractivity contribution is -0.369. The van der Waals surface area contributed by atoms with Crippen molar-refractivity contribution in [1.82, 2.24) is 0 Å². The highest BCUT2D eigenvalue weighted by atomic mass is 16.6. The van der Waals surface area contributed by atoms with E-state index in [1.165, 1.54) is 6.92 Å². The molecule has 1 aromatic rings. The van der Waals surface area contributed by atoms with Crippen molar-refractivity contribution in [3.8, 4) is 0 Å². The lowest BCUT2D eigenvalue weighted by atomic mass is 9.34. The first-order valence-electron chi connectivity index (χ1n) is 13.2. The molecule has 1 aliphatic heterocycles. The Kier molecular flexibility index (Phi) is 5.28. The normalized spacial score (nSPS) is 52.7. The molecular formula is C28H36O9. The zero-order valence-electron chi connectivity index (χ0n) is 21.7. The zero-order chi connectivity index (χ0) is 26.7. The van der Waals surface area contributed by atoms with E-state index in [0.29, 0.717) is 0 Å². The van der Waals surface area contributed by atoms with E-state index >= 15 is 0 Å². The van der Waals surface area contributed by atoms with Crippen LogP contribution in [0.1, 0.15) is 64.9 Å². The van der Waals surface area contributed by atoms with Crippen LogP contribution in [0.15, 0.2) is 23.0 Å². The third-order valence-corrected chi connectivity index (χ3v) is 11.4. The van der Waals surface area contributed by atoms with Gasteiger partial charge >= 0.3 is 5.97 Å². The number of carbonyl (C=O) groups excluding carboxylic acids is 3. The highest BCUT2D eigenvalue weighted by molar-refractivity contribution is 5.94. The first-order valence-corrected chi connectivity index (χ1v) is 13.2. The predicted octanol–water partition coefficient (Wildman–Crippen LogP) is 1.97. The molecule has 12 atom stereocenters. The Labute approximate surface area is 215 Å². The standard InChI is InChI=1S/C28H36O9/c1-13(29)37-21-9-20(33)28-12-36-24(34)26(21,3)18(28)8-19(32)27(4)22-16(30)7-15(14-5-6-35-11-14)25(22,2)10-17(31)23(27)28/h5-6,11,15,18-24,32-34H,7-10,12H2,1-4H3/t15-,18-,19+,20-,21+,22+,23+,24-,25-,26+,27-,28+/m0/s1. The van der Waals surface area contributed by atoms with Gasteiger partial charge in [-0.15, -0.1) is 0 Å². The fourth-order valence-electron chi connectivity index (χ4n) is 10.1. The summed E-state index contributed by atoms with van der Waals surface area (Å²) in [6.07, 6.45) is -0.554. The number of ether oxygens (including phenoxy) is 2. The minimum Gasteiger partial charge on any atom is -0.472 e. The molecule has 3 N–H and O–H groups in total. The summed E-state index contributed by atoms with van der Waals surface area (Å²) < 4.78 is 16.8. The summed E-state index contributed by atoms with van der Waals surface area (Å²) >= 11 is 0. The van der Waals surface area contributed by atoms with E-state index in [-0.39, 0.29) is 49.8 Å². The molecule has 202 valence electrons. The maximum absolute atomic E-state index is 14.3. The van der Waals surface area contributed by atoms with E-state index in [0.717, 1.165) is 5.56 Å². The van der Waals surface area contributed by atoms with Gasteiger partial charge in [-0.25, -0.2) is 0 Å². The molecule has 37 heavy (non-hydrogen) atoms. The number of Topliss-reactive ketones (excluding diaryl/α,β-unsaturated/α-hetero) is 2. The Morgan fingerprint density at radius 2 is 1.76 bits per heavy atom. The first kappa shape index (κ1) is 25.2. The molecule has 2 heterocycles. The van der Waals surface area contributed by atoms with Crippen LogP contribution in [0.4, 0.5) is 0 Å². The van der Waals surface area contributed by atoms with Gasteiger partial charge in [0.25, 0.3) is 0 Å². The molecule has 6 rings (SSSR count). The summed E-state index contributed by atoms with van der Waals surface area (Å²) in [4.78, 5) is 40.1. The minimum atomic E-state index is -1.30. The average Bonchev–Trinajstić information content (AvgIpc) is 3.42. The van der Waals surface area contributed by atoms with E-state index in [2.05, 4.69) is 0 Å². The van der Waals surface area contributed by atoms with Gasteiger partial charge in [0.05, 0.1) is 36.8 Å². The summed E-state index contributed by atoms with van der Waals surface area (Å²) in [5, 5.41) is 34.7. The SMILES string of the molecule is CC(=O)O[C@@H]1C[C@H](O)[C@@]23CO[C@H](O)[C@]1(C)[C@@H]2C[C@@H](O)[C@@]1(C)[C@@H]2C(=O)C[C@@H](c4ccoc4)[C@]2(C)CC(=O)[C@H]13. The van der Waals surface area contributed by atoms with Gasteiger partial charge in [0.2, 0.25) is 0 Å². The van der Waals surface area contributed by atoms with E-state index in [1.807, 2.05) is 19.9 Å². The van der Waals surface area contributed by atoms with Crippen molar-refractivity contribution in [2.45, 2.75) is 83.9 Å². The summed E-state index contributed by atoms with van der Waals surface area (Å²) in [5.74, 6) is -2.91. The zero-order valence-corrected chi connectivity index (χ0v) is 21.7. The Hall–Kier alpha value is -2.07. The molecule has 0 unspecified atom stereocenters. The summed E-state index contributed by atoms with van der Waals surface area (Å²) in [5.41, 5.74) is -3.27. The highest BCUT2D eigenvalue weighted by Crippen LogP contribution is 2.75. The minimum absolute atomic E-state index is 0.00483. The number of carbonyl (C=O) groups is 3. The maximum atomic E-state index is 14.3. The number of rotatable bonds is 2. The van der Waals surface area contributed by atoms with Crippen molar-refractivity contribution in [2.24, 2.45) is 39.4 Å². The van der Waals surface area contributed by atoms with E-state index < -0.39 is 70.0 Å². The van der Waals surface area contributed by atoms with Crippen molar-refractivity contribution in [3.05, 3.63) is 24.2 Å². The van der Waals surface area contributed by atoms with Crippen LogP contribution in [0, 0.1) is 39.4 Å². The number of ketones is 2. The third-order valence-electron chi connectivity index (χ3n) is 11.4. The fourth-order valence-corrected chi connectivity index (χ4v) is 10.1. The Bertz CT molecular complexity index is 1150. The molecule has 5 aliphatic rings. The van der Waals surface area contributed by atoms with Gasteiger partial charge in [-0.3, -0.25) is 14.4 Å². The van der Waals surface area contributed by atoms with Crippen molar-refractivity contribution >= 4 is 17.5 Å². The Morgan fingerprint density at radius 3 is 2.41 bits per heavy atom. The first-order chi connectivity index (χ1) is 17.3. The Morgan fingerprint density at radius 1 is 1.03 bits per heavy atom. The van der Waals surface area contributed by atoms with E-state index in [9.17, 15) is 29.7 Å². The second-order valence-electron chi connectivity index (χ2n) is 13.0. The molecule has 4 saturated carbocycles. The number of fused-ring (bicyclic) bond motifs is 3. The second-order valence-corrected chi connectivity index (χ2v) is 13.0. The van der Waals surface area contributed by atoms with Crippen LogP contribution >= 0.6 is 0 Å². The number of aliphatic hydroxyl groups excluding tert-OH is 3. The lowest BCUT2D eigenvalue weighted by Gasteiger charge is -2.72. The number of hydrogen-bond donors (Lipinski definition) is 3. The molecule has 1 aromatic heterocycles. The predicted molar refractivity (Wildman–Crippen MR) is 127 cm³/mol. The molecule has 2 bridgehead atoms. The molecule has 0 aromatic carbocycles. The molecule has 1 saturated heterocycles. The molecule has 9 heteroatoms. The molecular weight excluding hydrogens is 480 g/mol. The van der Waals surface area contributed by atoms with Gasteiger partial charge in [0.1, 0.15) is 17.7 Å². The van der Waals surface area contributed by atoms with Crippen LogP contribution < -0.4 is 0 Å². The van der Waals surface area contributed by atoms with Gasteiger partial charge in [0.15, 0.2) is 6.29 Å². The number of furan rings is 1. The monoisotopic (exact) mass is 516 g/mol. The van der Waals surface area contributed by atoms with Crippen LogP contribution in [0.25, 0.3) is 0 Å². The smallest absolute Gasteiger partial charge is 0.302 e. The highest BCUT2D eigenvalue weighted by Gasteiger charge is 2.80. The van der Waals surface area contributed by atoms with E-state index in [4.69, 9.17) is 13.9 Å². The van der Waals surface area contributed by atoms with Crippen molar-refractivity contribution < 1.29 is 43.6 Å². The molecule has 0 amide bonds. The van der Waals surface area contributed by atoms with Crippen LogP contribution in [-0.2, 0) is 23.9 Å². The molecule has 9 nitrogen and oxygen atoms in total. The van der Waals surface area contributed by atoms with Gasteiger partial charge in [0, 0.05) is 54.8 Å². The van der Waals surface area contributed by atoms with Crippen LogP contribution in [0.5, 0.6) is 0 Å². The number of esters is 1. The molecule has 4 aliphatic carbocycles. The van der Waals surface area contributed by atoms with Crippen molar-refractivity contribution in [3.63, 3.8) is 0 Å². The van der Waals surface area contributed by atoms with Crippen molar-refractivity contribution in [2.75, 3.05) is 6.61 Å². The number of aliphatic hydroxyl groups is 3. The molecule has 5 fully saturated rings. The number of hydrogen-bond acceptors (Lipinski definition) is 9. The van der Waals surface area contributed by atoms with Crippen molar-refractivity contribution in [1.29, 1.82) is 0 Å².